The minimum atomic E-state index is -1.25. The summed E-state index contributed by atoms with van der Waals surface area (Å²) in [5.41, 5.74) is 0. The molecule has 0 atom stereocenters. The number of rotatable bonds is 6. The third-order valence-electron chi connectivity index (χ3n) is 3.48. The quantitative estimate of drug-likeness (QED) is 0.232. The fourth-order valence-corrected chi connectivity index (χ4v) is 4.01. The highest BCUT2D eigenvalue weighted by molar-refractivity contribution is 6.41. The zero-order valence-corrected chi connectivity index (χ0v) is 18.7. The maximum Gasteiger partial charge on any atom is 0.325 e. The van der Waals surface area contributed by atoms with Crippen LogP contribution in [-0.4, -0.2) is 11.9 Å². The minimum absolute atomic E-state index is 0.0262. The molecule has 0 aliphatic carbocycles. The number of hydrogen-bond acceptors (Lipinski definition) is 4. The summed E-state index contributed by atoms with van der Waals surface area (Å²) in [5, 5.41) is 0.644. The third-order valence-corrected chi connectivity index (χ3v) is 5.04. The van der Waals surface area contributed by atoms with E-state index < -0.39 is 17.9 Å². The van der Waals surface area contributed by atoms with Crippen LogP contribution in [0.3, 0.4) is 0 Å². The highest BCUT2D eigenvalue weighted by Crippen LogP contribution is 2.38. The summed E-state index contributed by atoms with van der Waals surface area (Å²) in [6, 6.07) is 5.44. The number of esters is 2. The zero-order chi connectivity index (χ0) is 21.0. The predicted molar refractivity (Wildman–Crippen MR) is 113 cm³/mol. The first kappa shape index (κ1) is 23.4. The molecule has 0 heterocycles. The Balaban J connectivity index is 2.25. The largest absolute Gasteiger partial charge is 0.423 e. The van der Waals surface area contributed by atoms with Gasteiger partial charge in [-0.3, -0.25) is 9.59 Å². The summed E-state index contributed by atoms with van der Waals surface area (Å²) in [5.74, 6) is -3.24. The van der Waals surface area contributed by atoms with Gasteiger partial charge in [0.25, 0.3) is 0 Å². The van der Waals surface area contributed by atoms with Gasteiger partial charge < -0.3 is 9.47 Å². The van der Waals surface area contributed by atoms with Gasteiger partial charge in [0.15, 0.2) is 17.4 Å². The van der Waals surface area contributed by atoms with Crippen molar-refractivity contribution in [2.75, 3.05) is 0 Å². The average Bonchev–Trinajstić information content (AvgIpc) is 2.58. The van der Waals surface area contributed by atoms with E-state index in [2.05, 4.69) is 0 Å². The molecule has 0 radical (unpaired) electrons. The van der Waals surface area contributed by atoms with Crippen LogP contribution in [0.15, 0.2) is 24.3 Å². The summed E-state index contributed by atoms with van der Waals surface area (Å²) < 4.78 is 10.5. The van der Waals surface area contributed by atoms with Crippen molar-refractivity contribution >= 4 is 81.5 Å². The van der Waals surface area contributed by atoms with Gasteiger partial charge in [-0.2, -0.15) is 0 Å². The monoisotopic (exact) mass is 502 g/mol. The molecule has 0 N–H and O–H groups in total. The SMILES string of the molecule is CCCC(C(=O)Oc1c(Cl)cc(Cl)cc1Cl)C(=O)Oc1c(Cl)cc(Cl)cc1Cl. The topological polar surface area (TPSA) is 52.6 Å². The first-order chi connectivity index (χ1) is 13.1. The van der Waals surface area contributed by atoms with Crippen molar-refractivity contribution in [3.05, 3.63) is 54.4 Å². The second-order valence-electron chi connectivity index (χ2n) is 5.58. The molecule has 0 bridgehead atoms. The van der Waals surface area contributed by atoms with Crippen LogP contribution in [0, 0.1) is 5.92 Å². The fraction of sp³-hybridized carbons (Fsp3) is 0.222. The lowest BCUT2D eigenvalue weighted by Gasteiger charge is -2.16. The molecule has 0 unspecified atom stereocenters. The average molecular weight is 505 g/mol. The van der Waals surface area contributed by atoms with E-state index in [9.17, 15) is 9.59 Å². The van der Waals surface area contributed by atoms with Gasteiger partial charge in [-0.1, -0.05) is 83.0 Å². The molecule has 28 heavy (non-hydrogen) atoms. The smallest absolute Gasteiger partial charge is 0.325 e. The summed E-state index contributed by atoms with van der Waals surface area (Å²) in [6.07, 6.45) is 0.655. The van der Waals surface area contributed by atoms with Crippen molar-refractivity contribution in [1.82, 2.24) is 0 Å². The molecule has 4 nitrogen and oxygen atoms in total. The Labute approximate surface area is 191 Å². The lowest BCUT2D eigenvalue weighted by Crippen LogP contribution is -2.31. The van der Waals surface area contributed by atoms with E-state index in [0.717, 1.165) is 0 Å². The lowest BCUT2D eigenvalue weighted by molar-refractivity contribution is -0.151. The van der Waals surface area contributed by atoms with Crippen LogP contribution in [0.4, 0.5) is 0 Å². The summed E-state index contributed by atoms with van der Waals surface area (Å²) in [4.78, 5) is 25.2. The van der Waals surface area contributed by atoms with Crippen molar-refractivity contribution in [2.24, 2.45) is 5.92 Å². The van der Waals surface area contributed by atoms with Crippen LogP contribution in [-0.2, 0) is 9.59 Å². The van der Waals surface area contributed by atoms with Crippen molar-refractivity contribution in [3.63, 3.8) is 0 Å². The van der Waals surface area contributed by atoms with Crippen LogP contribution in [0.25, 0.3) is 0 Å². The summed E-state index contributed by atoms with van der Waals surface area (Å²) in [7, 11) is 0. The van der Waals surface area contributed by atoms with E-state index in [4.69, 9.17) is 79.1 Å². The Bertz CT molecular complexity index is 797. The van der Waals surface area contributed by atoms with Gasteiger partial charge in [0, 0.05) is 10.0 Å². The first-order valence-corrected chi connectivity index (χ1v) is 10.1. The number of ether oxygens (including phenoxy) is 2. The maximum atomic E-state index is 12.6. The van der Waals surface area contributed by atoms with Gasteiger partial charge >= 0.3 is 11.9 Å². The van der Waals surface area contributed by atoms with Gasteiger partial charge in [0.2, 0.25) is 0 Å². The van der Waals surface area contributed by atoms with Gasteiger partial charge in [-0.15, -0.1) is 0 Å². The molecule has 150 valence electrons. The number of carbonyl (C=O) groups excluding carboxylic acids is 2. The molecular formula is C18H12Cl6O4. The standard InChI is InChI=1S/C18H12Cl6O4/c1-2-3-10(17(25)27-15-11(21)4-8(19)5-12(15)22)18(26)28-16-13(23)6-9(20)7-14(16)24/h4-7,10H,2-3H2,1H3. The van der Waals surface area contributed by atoms with Crippen LogP contribution in [0.1, 0.15) is 19.8 Å². The van der Waals surface area contributed by atoms with Crippen LogP contribution >= 0.6 is 69.6 Å². The Morgan fingerprint density at radius 3 is 1.36 bits per heavy atom. The molecule has 0 aliphatic rings. The Morgan fingerprint density at radius 1 is 0.750 bits per heavy atom. The molecule has 0 saturated carbocycles. The lowest BCUT2D eigenvalue weighted by atomic mass is 10.0. The second-order valence-corrected chi connectivity index (χ2v) is 8.08. The predicted octanol–water partition coefficient (Wildman–Crippen LogP) is 7.53. The Hall–Kier alpha value is -0.880. The van der Waals surface area contributed by atoms with Crippen LogP contribution in [0.2, 0.25) is 30.1 Å². The van der Waals surface area contributed by atoms with Gasteiger partial charge in [-0.25, -0.2) is 0 Å². The fourth-order valence-electron chi connectivity index (χ4n) is 2.22. The van der Waals surface area contributed by atoms with E-state index in [1.54, 1.807) is 6.92 Å². The van der Waals surface area contributed by atoms with E-state index in [-0.39, 0.29) is 48.1 Å². The van der Waals surface area contributed by atoms with Gasteiger partial charge in [0.1, 0.15) is 0 Å². The van der Waals surface area contributed by atoms with E-state index in [1.165, 1.54) is 24.3 Å². The second kappa shape index (κ2) is 10.2. The van der Waals surface area contributed by atoms with E-state index >= 15 is 0 Å². The van der Waals surface area contributed by atoms with Crippen molar-refractivity contribution in [2.45, 2.75) is 19.8 Å². The van der Waals surface area contributed by atoms with Crippen molar-refractivity contribution in [3.8, 4) is 11.5 Å². The van der Waals surface area contributed by atoms with E-state index in [0.29, 0.717) is 6.42 Å². The molecule has 10 heteroatoms. The van der Waals surface area contributed by atoms with Gasteiger partial charge in [0.05, 0.1) is 20.1 Å². The summed E-state index contributed by atoms with van der Waals surface area (Å²) >= 11 is 35.7. The molecule has 0 aromatic heterocycles. The molecule has 2 aromatic carbocycles. The number of benzene rings is 2. The Kier molecular flexibility index (Phi) is 8.56. The zero-order valence-electron chi connectivity index (χ0n) is 14.2. The normalized spacial score (nSPS) is 10.9. The number of carbonyl (C=O) groups is 2. The van der Waals surface area contributed by atoms with Gasteiger partial charge in [-0.05, 0) is 30.7 Å². The van der Waals surface area contributed by atoms with Crippen LogP contribution in [0.5, 0.6) is 11.5 Å². The molecule has 0 aliphatic heterocycles. The molecule has 0 fully saturated rings. The minimum Gasteiger partial charge on any atom is -0.423 e. The molecule has 0 amide bonds. The highest BCUT2D eigenvalue weighted by atomic mass is 35.5. The third kappa shape index (κ3) is 5.82. The highest BCUT2D eigenvalue weighted by Gasteiger charge is 2.32. The first-order valence-electron chi connectivity index (χ1n) is 7.86. The van der Waals surface area contributed by atoms with Crippen LogP contribution < -0.4 is 9.47 Å². The maximum absolute atomic E-state index is 12.6. The number of halogens is 6. The van der Waals surface area contributed by atoms with E-state index in [1.807, 2.05) is 0 Å². The van der Waals surface area contributed by atoms with Crippen molar-refractivity contribution in [1.29, 1.82) is 0 Å². The molecule has 0 spiro atoms. The molecular weight excluding hydrogens is 493 g/mol. The molecule has 2 aromatic rings. The molecule has 2 rings (SSSR count). The number of hydrogen-bond donors (Lipinski definition) is 0. The van der Waals surface area contributed by atoms with Crippen molar-refractivity contribution < 1.29 is 19.1 Å². The Morgan fingerprint density at radius 2 is 1.07 bits per heavy atom. The molecule has 0 saturated heterocycles. The summed E-state index contributed by atoms with van der Waals surface area (Å²) in [6.45, 7) is 1.79.